The predicted molar refractivity (Wildman–Crippen MR) is 51.3 cm³/mol. The Morgan fingerprint density at radius 2 is 2.00 bits per heavy atom. The van der Waals surface area contributed by atoms with E-state index in [4.69, 9.17) is 5.73 Å². The molecular formula is C10H8F3NO2. The molecule has 6 heteroatoms. The number of carbonyl (C=O) groups excluding carboxylic acids is 1. The van der Waals surface area contributed by atoms with Crippen molar-refractivity contribution in [3.05, 3.63) is 35.4 Å². The monoisotopic (exact) mass is 231 g/mol. The van der Waals surface area contributed by atoms with Gasteiger partial charge in [-0.05, 0) is 18.2 Å². The van der Waals surface area contributed by atoms with Gasteiger partial charge in [0.2, 0.25) is 5.91 Å². The third kappa shape index (κ3) is 3.01. The minimum Gasteiger partial charge on any atom is -0.507 e. The van der Waals surface area contributed by atoms with Gasteiger partial charge in [0.05, 0.1) is 5.56 Å². The number of phenolic OH excluding ortho intramolecular Hbond substituents is 1. The van der Waals surface area contributed by atoms with Crippen LogP contribution in [-0.2, 0) is 11.0 Å². The quantitative estimate of drug-likeness (QED) is 0.763. The van der Waals surface area contributed by atoms with E-state index in [1.54, 1.807) is 0 Å². The molecule has 1 amide bonds. The van der Waals surface area contributed by atoms with Gasteiger partial charge in [-0.15, -0.1) is 0 Å². The third-order valence-electron chi connectivity index (χ3n) is 1.78. The number of nitrogens with two attached hydrogens (primary N) is 1. The summed E-state index contributed by atoms with van der Waals surface area (Å²) in [6.45, 7) is 0. The van der Waals surface area contributed by atoms with Crippen molar-refractivity contribution in [2.45, 2.75) is 6.18 Å². The van der Waals surface area contributed by atoms with E-state index in [0.29, 0.717) is 6.07 Å². The minimum absolute atomic E-state index is 0.0896. The Balaban J connectivity index is 3.05. The number of rotatable bonds is 2. The smallest absolute Gasteiger partial charge is 0.416 e. The fourth-order valence-corrected chi connectivity index (χ4v) is 1.03. The highest BCUT2D eigenvalue weighted by molar-refractivity contribution is 5.90. The molecule has 0 spiro atoms. The van der Waals surface area contributed by atoms with Crippen molar-refractivity contribution in [3.63, 3.8) is 0 Å². The first kappa shape index (κ1) is 12.1. The van der Waals surface area contributed by atoms with Crippen molar-refractivity contribution in [1.29, 1.82) is 0 Å². The number of carbonyl (C=O) groups is 1. The van der Waals surface area contributed by atoms with Gasteiger partial charge in [0.15, 0.2) is 0 Å². The first-order valence-electron chi connectivity index (χ1n) is 4.18. The van der Waals surface area contributed by atoms with Crippen molar-refractivity contribution >= 4 is 12.0 Å². The van der Waals surface area contributed by atoms with Crippen molar-refractivity contribution in [2.75, 3.05) is 0 Å². The maximum atomic E-state index is 12.2. The summed E-state index contributed by atoms with van der Waals surface area (Å²) >= 11 is 0. The number of aromatic hydroxyl groups is 1. The van der Waals surface area contributed by atoms with Crippen LogP contribution in [0.15, 0.2) is 24.3 Å². The summed E-state index contributed by atoms with van der Waals surface area (Å²) in [6.07, 6.45) is -2.43. The van der Waals surface area contributed by atoms with Gasteiger partial charge >= 0.3 is 6.18 Å². The largest absolute Gasteiger partial charge is 0.507 e. The fourth-order valence-electron chi connectivity index (χ4n) is 1.03. The molecule has 0 bridgehead atoms. The lowest BCUT2D eigenvalue weighted by Crippen LogP contribution is -2.05. The molecule has 0 saturated carbocycles. The molecule has 0 fully saturated rings. The SMILES string of the molecule is NC(=O)C=Cc1ccc(C(F)(F)F)cc1O. The first-order chi connectivity index (χ1) is 7.30. The lowest BCUT2D eigenvalue weighted by Gasteiger charge is -2.07. The third-order valence-corrected chi connectivity index (χ3v) is 1.78. The van der Waals surface area contributed by atoms with Crippen LogP contribution in [0.5, 0.6) is 5.75 Å². The Hall–Kier alpha value is -1.98. The zero-order valence-electron chi connectivity index (χ0n) is 7.95. The number of halogens is 3. The van der Waals surface area contributed by atoms with Crippen LogP contribution in [0.3, 0.4) is 0 Å². The highest BCUT2D eigenvalue weighted by Crippen LogP contribution is 2.32. The zero-order chi connectivity index (χ0) is 12.3. The Morgan fingerprint density at radius 3 is 2.44 bits per heavy atom. The summed E-state index contributed by atoms with van der Waals surface area (Å²) < 4.78 is 36.6. The molecule has 3 nitrogen and oxygen atoms in total. The average molecular weight is 231 g/mol. The molecule has 0 aromatic heterocycles. The van der Waals surface area contributed by atoms with Crippen molar-refractivity contribution < 1.29 is 23.1 Å². The second-order valence-corrected chi connectivity index (χ2v) is 3.01. The second kappa shape index (κ2) is 4.26. The summed E-state index contributed by atoms with van der Waals surface area (Å²) in [5, 5.41) is 9.26. The van der Waals surface area contributed by atoms with E-state index in [0.717, 1.165) is 24.3 Å². The summed E-state index contributed by atoms with van der Waals surface area (Å²) in [4.78, 5) is 10.4. The molecule has 3 N–H and O–H groups in total. The predicted octanol–water partition coefficient (Wildman–Crippen LogP) is 1.91. The van der Waals surface area contributed by atoms with Gasteiger partial charge in [0, 0.05) is 11.6 Å². The molecule has 0 aliphatic rings. The maximum Gasteiger partial charge on any atom is 0.416 e. The van der Waals surface area contributed by atoms with Crippen LogP contribution in [0.2, 0.25) is 0 Å². The Bertz CT molecular complexity index is 438. The lowest BCUT2D eigenvalue weighted by molar-refractivity contribution is -0.137. The average Bonchev–Trinajstić information content (AvgIpc) is 2.14. The Kier molecular flexibility index (Phi) is 3.22. The van der Waals surface area contributed by atoms with Gasteiger partial charge in [-0.2, -0.15) is 13.2 Å². The van der Waals surface area contributed by atoms with Crippen molar-refractivity contribution in [1.82, 2.24) is 0 Å². The molecular weight excluding hydrogens is 223 g/mol. The number of phenols is 1. The van der Waals surface area contributed by atoms with E-state index in [-0.39, 0.29) is 5.56 Å². The zero-order valence-corrected chi connectivity index (χ0v) is 7.95. The molecule has 0 heterocycles. The van der Waals surface area contributed by atoms with E-state index in [1.807, 2.05) is 0 Å². The van der Waals surface area contributed by atoms with Gasteiger partial charge < -0.3 is 10.8 Å². The maximum absolute atomic E-state index is 12.2. The van der Waals surface area contributed by atoms with E-state index in [1.165, 1.54) is 0 Å². The van der Waals surface area contributed by atoms with Crippen molar-refractivity contribution in [2.24, 2.45) is 5.73 Å². The van der Waals surface area contributed by atoms with Crippen LogP contribution in [0, 0.1) is 0 Å². The van der Waals surface area contributed by atoms with Crippen LogP contribution in [0.25, 0.3) is 6.08 Å². The molecule has 0 unspecified atom stereocenters. The summed E-state index contributed by atoms with van der Waals surface area (Å²) in [6, 6.07) is 2.44. The van der Waals surface area contributed by atoms with E-state index < -0.39 is 23.4 Å². The molecule has 0 saturated heterocycles. The molecule has 0 aliphatic carbocycles. The summed E-state index contributed by atoms with van der Waals surface area (Å²) in [5.41, 5.74) is 3.93. The van der Waals surface area contributed by atoms with E-state index >= 15 is 0 Å². The first-order valence-corrected chi connectivity index (χ1v) is 4.18. The van der Waals surface area contributed by atoms with Gasteiger partial charge in [0.25, 0.3) is 0 Å². The van der Waals surface area contributed by atoms with Crippen LogP contribution < -0.4 is 5.73 Å². The van der Waals surface area contributed by atoms with Gasteiger partial charge in [-0.1, -0.05) is 6.07 Å². The fraction of sp³-hybridized carbons (Fsp3) is 0.100. The molecule has 1 rings (SSSR count). The molecule has 86 valence electrons. The van der Waals surface area contributed by atoms with Crippen LogP contribution in [0.4, 0.5) is 13.2 Å². The summed E-state index contributed by atoms with van der Waals surface area (Å²) in [7, 11) is 0. The van der Waals surface area contributed by atoms with Gasteiger partial charge in [0.1, 0.15) is 5.75 Å². The number of alkyl halides is 3. The van der Waals surface area contributed by atoms with Crippen molar-refractivity contribution in [3.8, 4) is 5.75 Å². The van der Waals surface area contributed by atoms with Crippen LogP contribution >= 0.6 is 0 Å². The van der Waals surface area contributed by atoms with E-state index in [9.17, 15) is 23.1 Å². The number of amides is 1. The summed E-state index contributed by atoms with van der Waals surface area (Å²) in [5.74, 6) is -1.31. The number of hydrogen-bond donors (Lipinski definition) is 2. The highest BCUT2D eigenvalue weighted by atomic mass is 19.4. The van der Waals surface area contributed by atoms with Crippen LogP contribution in [0.1, 0.15) is 11.1 Å². The Labute approximate surface area is 89.0 Å². The van der Waals surface area contributed by atoms with E-state index in [2.05, 4.69) is 0 Å². The van der Waals surface area contributed by atoms with Crippen LogP contribution in [-0.4, -0.2) is 11.0 Å². The second-order valence-electron chi connectivity index (χ2n) is 3.01. The topological polar surface area (TPSA) is 63.3 Å². The molecule has 0 atom stereocenters. The number of benzene rings is 1. The lowest BCUT2D eigenvalue weighted by atomic mass is 10.1. The molecule has 1 aromatic carbocycles. The molecule has 1 aromatic rings. The highest BCUT2D eigenvalue weighted by Gasteiger charge is 2.30. The Morgan fingerprint density at radius 1 is 1.38 bits per heavy atom. The van der Waals surface area contributed by atoms with Gasteiger partial charge in [-0.25, -0.2) is 0 Å². The van der Waals surface area contributed by atoms with Gasteiger partial charge in [-0.3, -0.25) is 4.79 Å². The molecule has 0 radical (unpaired) electrons. The minimum atomic E-state index is -4.51. The standard InChI is InChI=1S/C10H8F3NO2/c11-10(12,13)7-3-1-6(8(15)5-7)2-4-9(14)16/h1-5,15H,(H2,14,16). The molecule has 16 heavy (non-hydrogen) atoms. The molecule has 0 aliphatic heterocycles. The number of primary amides is 1. The number of hydrogen-bond acceptors (Lipinski definition) is 2. The normalized spacial score (nSPS) is 11.9.